The fraction of sp³-hybridized carbons (Fsp3) is 0.588. The van der Waals surface area contributed by atoms with Gasteiger partial charge in [0, 0.05) is 19.1 Å². The van der Waals surface area contributed by atoms with Gasteiger partial charge in [-0.1, -0.05) is 43.2 Å². The molecule has 0 spiro atoms. The Kier molecular flexibility index (Phi) is 4.36. The number of nitrogens with one attached hydrogen (secondary N) is 1. The van der Waals surface area contributed by atoms with E-state index in [0.29, 0.717) is 12.6 Å². The second kappa shape index (κ2) is 6.40. The van der Waals surface area contributed by atoms with Crippen LogP contribution in [0.5, 0.6) is 0 Å². The molecule has 1 atom stereocenters. The number of hydrogen-bond donors (Lipinski definition) is 1. The third-order valence-corrected chi connectivity index (χ3v) is 4.66. The quantitative estimate of drug-likeness (QED) is 0.911. The first kappa shape index (κ1) is 13.6. The van der Waals surface area contributed by atoms with Crippen molar-refractivity contribution < 1.29 is 4.79 Å². The molecule has 1 aromatic carbocycles. The van der Waals surface area contributed by atoms with Crippen LogP contribution in [-0.2, 0) is 11.2 Å². The summed E-state index contributed by atoms with van der Waals surface area (Å²) in [5.41, 5.74) is 1.32. The normalized spacial score (nSPS) is 24.3. The number of amides is 1. The van der Waals surface area contributed by atoms with Gasteiger partial charge in [0.25, 0.3) is 0 Å². The molecular formula is C17H24N2O. The first-order valence-corrected chi connectivity index (χ1v) is 7.87. The second-order valence-electron chi connectivity index (χ2n) is 6.17. The minimum absolute atomic E-state index is 0.282. The van der Waals surface area contributed by atoms with Crippen molar-refractivity contribution in [2.75, 3.05) is 19.6 Å². The molecule has 1 aliphatic carbocycles. The first-order valence-electron chi connectivity index (χ1n) is 7.87. The zero-order chi connectivity index (χ0) is 13.8. The van der Waals surface area contributed by atoms with Crippen LogP contribution in [0.25, 0.3) is 0 Å². The Morgan fingerprint density at radius 1 is 1.15 bits per heavy atom. The van der Waals surface area contributed by atoms with Crippen molar-refractivity contribution in [2.24, 2.45) is 5.92 Å². The summed E-state index contributed by atoms with van der Waals surface area (Å²) in [4.78, 5) is 14.4. The Bertz CT molecular complexity index is 440. The van der Waals surface area contributed by atoms with Crippen molar-refractivity contribution in [2.45, 2.75) is 38.1 Å². The van der Waals surface area contributed by atoms with Gasteiger partial charge in [-0.3, -0.25) is 4.79 Å². The number of carbonyl (C=O) groups is 1. The van der Waals surface area contributed by atoms with Gasteiger partial charge in [-0.05, 0) is 30.7 Å². The zero-order valence-corrected chi connectivity index (χ0v) is 12.1. The highest BCUT2D eigenvalue weighted by Gasteiger charge is 2.30. The predicted molar refractivity (Wildman–Crippen MR) is 80.5 cm³/mol. The Morgan fingerprint density at radius 3 is 2.65 bits per heavy atom. The second-order valence-corrected chi connectivity index (χ2v) is 6.17. The van der Waals surface area contributed by atoms with Crippen LogP contribution in [0, 0.1) is 5.92 Å². The summed E-state index contributed by atoms with van der Waals surface area (Å²) in [5.74, 6) is 1.01. The third kappa shape index (κ3) is 3.21. The maximum absolute atomic E-state index is 12.2. The van der Waals surface area contributed by atoms with Crippen molar-refractivity contribution in [1.82, 2.24) is 10.2 Å². The fourth-order valence-corrected chi connectivity index (χ4v) is 3.55. The summed E-state index contributed by atoms with van der Waals surface area (Å²) in [6, 6.07) is 10.8. The van der Waals surface area contributed by atoms with E-state index in [1.54, 1.807) is 0 Å². The van der Waals surface area contributed by atoms with Gasteiger partial charge in [0.15, 0.2) is 0 Å². The number of hydrogen-bond acceptors (Lipinski definition) is 2. The van der Waals surface area contributed by atoms with Crippen LogP contribution >= 0.6 is 0 Å². The highest BCUT2D eigenvalue weighted by Crippen LogP contribution is 2.27. The SMILES string of the molecule is O=C1CNC[C@H](Cc2ccccc2)N1CC1CCCC1. The van der Waals surface area contributed by atoms with Gasteiger partial charge in [-0.15, -0.1) is 0 Å². The number of nitrogens with zero attached hydrogens (tertiary/aromatic N) is 1. The van der Waals surface area contributed by atoms with Gasteiger partial charge in [0.1, 0.15) is 0 Å². The lowest BCUT2D eigenvalue weighted by molar-refractivity contribution is -0.135. The topological polar surface area (TPSA) is 32.3 Å². The van der Waals surface area contributed by atoms with Crippen molar-refractivity contribution in [3.8, 4) is 0 Å². The summed E-state index contributed by atoms with van der Waals surface area (Å²) in [6.07, 6.45) is 6.25. The minimum atomic E-state index is 0.282. The summed E-state index contributed by atoms with van der Waals surface area (Å²) < 4.78 is 0. The molecule has 1 amide bonds. The molecule has 0 unspecified atom stereocenters. The van der Waals surface area contributed by atoms with Crippen molar-refractivity contribution >= 4 is 5.91 Å². The number of rotatable bonds is 4. The van der Waals surface area contributed by atoms with Gasteiger partial charge in [0.05, 0.1) is 6.54 Å². The van der Waals surface area contributed by atoms with E-state index in [9.17, 15) is 4.79 Å². The van der Waals surface area contributed by atoms with Gasteiger partial charge >= 0.3 is 0 Å². The maximum atomic E-state index is 12.2. The zero-order valence-electron chi connectivity index (χ0n) is 12.1. The van der Waals surface area contributed by atoms with Crippen LogP contribution in [0.2, 0.25) is 0 Å². The molecule has 3 nitrogen and oxygen atoms in total. The van der Waals surface area contributed by atoms with E-state index in [2.05, 4.69) is 34.5 Å². The lowest BCUT2D eigenvalue weighted by Crippen LogP contribution is -2.56. The Hall–Kier alpha value is -1.35. The average molecular weight is 272 g/mol. The van der Waals surface area contributed by atoms with Gasteiger partial charge in [0.2, 0.25) is 5.91 Å². The molecule has 0 aromatic heterocycles. The molecule has 1 aliphatic heterocycles. The van der Waals surface area contributed by atoms with Gasteiger partial charge in [-0.25, -0.2) is 0 Å². The van der Waals surface area contributed by atoms with Gasteiger partial charge < -0.3 is 10.2 Å². The molecule has 3 rings (SSSR count). The number of piperazine rings is 1. The van der Waals surface area contributed by atoms with Crippen LogP contribution in [0.3, 0.4) is 0 Å². The molecule has 3 heteroatoms. The molecule has 1 aromatic rings. The Morgan fingerprint density at radius 2 is 1.90 bits per heavy atom. The lowest BCUT2D eigenvalue weighted by atomic mass is 10.00. The third-order valence-electron chi connectivity index (χ3n) is 4.66. The molecule has 2 aliphatic rings. The monoisotopic (exact) mass is 272 g/mol. The number of carbonyl (C=O) groups excluding carboxylic acids is 1. The lowest BCUT2D eigenvalue weighted by Gasteiger charge is -2.38. The Labute approximate surface area is 121 Å². The maximum Gasteiger partial charge on any atom is 0.236 e. The van der Waals surface area contributed by atoms with Crippen LogP contribution in [0.15, 0.2) is 30.3 Å². The molecule has 2 fully saturated rings. The fourth-order valence-electron chi connectivity index (χ4n) is 3.55. The van der Waals surface area contributed by atoms with E-state index in [1.165, 1.54) is 31.2 Å². The standard InChI is InChI=1S/C17H24N2O/c20-17-12-18-11-16(10-14-6-2-1-3-7-14)19(17)13-15-8-4-5-9-15/h1-3,6-7,15-16,18H,4-5,8-13H2/t16-/m0/s1. The summed E-state index contributed by atoms with van der Waals surface area (Å²) in [5, 5.41) is 3.27. The summed E-state index contributed by atoms with van der Waals surface area (Å²) in [6.45, 7) is 2.41. The molecule has 1 N–H and O–H groups in total. The predicted octanol–water partition coefficient (Wildman–Crippen LogP) is 2.22. The van der Waals surface area contributed by atoms with Crippen molar-refractivity contribution in [3.63, 3.8) is 0 Å². The minimum Gasteiger partial charge on any atom is -0.337 e. The van der Waals surface area contributed by atoms with Crippen LogP contribution in [-0.4, -0.2) is 36.5 Å². The van der Waals surface area contributed by atoms with E-state index in [1.807, 2.05) is 6.07 Å². The molecular weight excluding hydrogens is 248 g/mol. The van der Waals surface area contributed by atoms with Crippen molar-refractivity contribution in [1.29, 1.82) is 0 Å². The molecule has 1 heterocycles. The molecule has 108 valence electrons. The van der Waals surface area contributed by atoms with E-state index in [-0.39, 0.29) is 5.91 Å². The first-order chi connectivity index (χ1) is 9.83. The molecule has 1 saturated heterocycles. The molecule has 0 radical (unpaired) electrons. The van der Waals surface area contributed by atoms with E-state index >= 15 is 0 Å². The summed E-state index contributed by atoms with van der Waals surface area (Å²) >= 11 is 0. The van der Waals surface area contributed by atoms with E-state index < -0.39 is 0 Å². The van der Waals surface area contributed by atoms with Crippen LogP contribution in [0.1, 0.15) is 31.2 Å². The summed E-state index contributed by atoms with van der Waals surface area (Å²) in [7, 11) is 0. The highest BCUT2D eigenvalue weighted by molar-refractivity contribution is 5.79. The molecule has 20 heavy (non-hydrogen) atoms. The van der Waals surface area contributed by atoms with E-state index in [0.717, 1.165) is 25.4 Å². The van der Waals surface area contributed by atoms with Crippen molar-refractivity contribution in [3.05, 3.63) is 35.9 Å². The average Bonchev–Trinajstić information content (AvgIpc) is 2.97. The smallest absolute Gasteiger partial charge is 0.236 e. The molecule has 0 bridgehead atoms. The highest BCUT2D eigenvalue weighted by atomic mass is 16.2. The molecule has 1 saturated carbocycles. The van der Waals surface area contributed by atoms with Crippen LogP contribution < -0.4 is 5.32 Å². The van der Waals surface area contributed by atoms with Crippen LogP contribution in [0.4, 0.5) is 0 Å². The number of benzene rings is 1. The largest absolute Gasteiger partial charge is 0.337 e. The Balaban J connectivity index is 1.67. The van der Waals surface area contributed by atoms with E-state index in [4.69, 9.17) is 0 Å². The van der Waals surface area contributed by atoms with Gasteiger partial charge in [-0.2, -0.15) is 0 Å².